The summed E-state index contributed by atoms with van der Waals surface area (Å²) in [6.45, 7) is 2.45. The quantitative estimate of drug-likeness (QED) is 0.865. The number of carbonyl (C=O) groups excluding carboxylic acids is 2. The Hall–Kier alpha value is -2.89. The molecule has 1 atom stereocenters. The molecule has 1 aliphatic heterocycles. The minimum atomic E-state index is -0.310. The number of hydrogen-bond acceptors (Lipinski definition) is 3. The van der Waals surface area contributed by atoms with Crippen LogP contribution in [-0.2, 0) is 9.59 Å². The van der Waals surface area contributed by atoms with Crippen LogP contribution in [-0.4, -0.2) is 25.0 Å². The fraction of sp³-hybridized carbons (Fsp3) is 0.300. The van der Waals surface area contributed by atoms with Crippen LogP contribution in [0.5, 0.6) is 5.75 Å². The molecule has 0 spiro atoms. The number of benzene rings is 2. The fourth-order valence-electron chi connectivity index (χ4n) is 2.91. The molecule has 26 heavy (non-hydrogen) atoms. The number of ether oxygens (including phenoxy) is 1. The van der Waals surface area contributed by atoms with Crippen molar-refractivity contribution in [3.05, 3.63) is 59.9 Å². The van der Waals surface area contributed by atoms with Crippen LogP contribution in [0.1, 0.15) is 31.4 Å². The summed E-state index contributed by atoms with van der Waals surface area (Å²) in [5.41, 5.74) is 1.66. The number of hydrogen-bond donors (Lipinski definition) is 1. The molecule has 0 bridgehead atoms. The summed E-state index contributed by atoms with van der Waals surface area (Å²) < 4.78 is 18.4. The number of carbonyl (C=O) groups is 2. The van der Waals surface area contributed by atoms with Gasteiger partial charge in [0.25, 0.3) is 5.91 Å². The summed E-state index contributed by atoms with van der Waals surface area (Å²) in [4.78, 5) is 25.5. The molecule has 3 rings (SSSR count). The Kier molecular flexibility index (Phi) is 5.51. The highest BCUT2D eigenvalue weighted by Gasteiger charge is 2.21. The molecule has 5 nitrogen and oxygen atoms in total. The van der Waals surface area contributed by atoms with E-state index in [9.17, 15) is 14.0 Å². The molecule has 0 radical (unpaired) electrons. The monoisotopic (exact) mass is 356 g/mol. The van der Waals surface area contributed by atoms with E-state index in [1.807, 2.05) is 19.1 Å². The third-order valence-corrected chi connectivity index (χ3v) is 4.34. The first-order valence-corrected chi connectivity index (χ1v) is 8.61. The molecule has 1 aliphatic rings. The third kappa shape index (κ3) is 4.39. The maximum atomic E-state index is 12.9. The molecule has 0 aromatic heterocycles. The topological polar surface area (TPSA) is 58.6 Å². The molecular weight excluding hydrogens is 335 g/mol. The molecule has 2 aromatic carbocycles. The van der Waals surface area contributed by atoms with Gasteiger partial charge in [0.15, 0.2) is 6.61 Å². The van der Waals surface area contributed by atoms with Crippen LogP contribution in [0, 0.1) is 5.82 Å². The number of nitrogens with one attached hydrogen (secondary N) is 1. The second kappa shape index (κ2) is 7.99. The second-order valence-corrected chi connectivity index (χ2v) is 6.27. The fourth-order valence-corrected chi connectivity index (χ4v) is 2.91. The van der Waals surface area contributed by atoms with Gasteiger partial charge in [0, 0.05) is 18.7 Å². The first-order valence-electron chi connectivity index (χ1n) is 8.61. The highest BCUT2D eigenvalue weighted by Crippen LogP contribution is 2.23. The Morgan fingerprint density at radius 1 is 1.19 bits per heavy atom. The lowest BCUT2D eigenvalue weighted by atomic mass is 10.1. The average molecular weight is 356 g/mol. The highest BCUT2D eigenvalue weighted by atomic mass is 19.1. The first-order chi connectivity index (χ1) is 12.5. The van der Waals surface area contributed by atoms with Gasteiger partial charge in [-0.05, 0) is 55.3 Å². The van der Waals surface area contributed by atoms with Crippen molar-refractivity contribution in [3.8, 4) is 5.75 Å². The summed E-state index contributed by atoms with van der Waals surface area (Å²) in [6, 6.07) is 12.9. The van der Waals surface area contributed by atoms with E-state index >= 15 is 0 Å². The predicted octanol–water partition coefficient (Wildman–Crippen LogP) is 3.21. The van der Waals surface area contributed by atoms with Gasteiger partial charge in [-0.15, -0.1) is 0 Å². The maximum Gasteiger partial charge on any atom is 0.258 e. The maximum absolute atomic E-state index is 12.9. The van der Waals surface area contributed by atoms with Gasteiger partial charge in [0.1, 0.15) is 11.6 Å². The van der Waals surface area contributed by atoms with Crippen molar-refractivity contribution >= 4 is 17.5 Å². The Bertz CT molecular complexity index is 775. The molecule has 1 saturated heterocycles. The molecule has 6 heteroatoms. The number of amides is 2. The van der Waals surface area contributed by atoms with Crippen LogP contribution >= 0.6 is 0 Å². The molecule has 1 fully saturated rings. The van der Waals surface area contributed by atoms with E-state index < -0.39 is 0 Å². The predicted molar refractivity (Wildman–Crippen MR) is 96.5 cm³/mol. The Morgan fingerprint density at radius 2 is 1.88 bits per heavy atom. The Balaban J connectivity index is 1.49. The van der Waals surface area contributed by atoms with Crippen LogP contribution in [0.3, 0.4) is 0 Å². The number of anilines is 1. The van der Waals surface area contributed by atoms with E-state index in [4.69, 9.17) is 4.74 Å². The van der Waals surface area contributed by atoms with Gasteiger partial charge in [0.2, 0.25) is 5.91 Å². The molecule has 136 valence electrons. The largest absolute Gasteiger partial charge is 0.484 e. The number of nitrogens with zero attached hydrogens (tertiary/aromatic N) is 1. The highest BCUT2D eigenvalue weighted by molar-refractivity contribution is 5.95. The molecule has 1 heterocycles. The summed E-state index contributed by atoms with van der Waals surface area (Å²) in [5, 5.41) is 2.81. The van der Waals surface area contributed by atoms with Gasteiger partial charge >= 0.3 is 0 Å². The van der Waals surface area contributed by atoms with E-state index in [-0.39, 0.29) is 30.3 Å². The van der Waals surface area contributed by atoms with Gasteiger partial charge in [-0.1, -0.05) is 12.1 Å². The van der Waals surface area contributed by atoms with Crippen LogP contribution < -0.4 is 15.0 Å². The summed E-state index contributed by atoms with van der Waals surface area (Å²) in [6.07, 6.45) is 1.47. The lowest BCUT2D eigenvalue weighted by Crippen LogP contribution is -2.31. The van der Waals surface area contributed by atoms with E-state index in [2.05, 4.69) is 5.32 Å². The first kappa shape index (κ1) is 17.9. The third-order valence-electron chi connectivity index (χ3n) is 4.34. The zero-order valence-electron chi connectivity index (χ0n) is 14.6. The second-order valence-electron chi connectivity index (χ2n) is 6.27. The Morgan fingerprint density at radius 3 is 2.50 bits per heavy atom. The van der Waals surface area contributed by atoms with E-state index in [1.54, 1.807) is 29.2 Å². The van der Waals surface area contributed by atoms with Crippen LogP contribution in [0.2, 0.25) is 0 Å². The summed E-state index contributed by atoms with van der Waals surface area (Å²) >= 11 is 0. The van der Waals surface area contributed by atoms with E-state index in [1.165, 1.54) is 12.1 Å². The van der Waals surface area contributed by atoms with Crippen molar-refractivity contribution in [2.24, 2.45) is 0 Å². The van der Waals surface area contributed by atoms with Crippen molar-refractivity contribution in [1.29, 1.82) is 0 Å². The molecule has 2 amide bonds. The number of rotatable bonds is 6. The molecule has 2 aromatic rings. The minimum Gasteiger partial charge on any atom is -0.484 e. The molecule has 1 unspecified atom stereocenters. The van der Waals surface area contributed by atoms with Gasteiger partial charge < -0.3 is 15.0 Å². The van der Waals surface area contributed by atoms with Crippen LogP contribution in [0.4, 0.5) is 10.1 Å². The van der Waals surface area contributed by atoms with Crippen molar-refractivity contribution < 1.29 is 18.7 Å². The number of halogens is 1. The van der Waals surface area contributed by atoms with Crippen molar-refractivity contribution in [2.75, 3.05) is 18.1 Å². The standard InChI is InChI=1S/C20H21FN2O3/c1-14(15-4-6-16(21)7-5-15)22-19(24)13-26-18-10-8-17(9-11-18)23-12-2-3-20(23)25/h4-11,14H,2-3,12-13H2,1H3,(H,22,24). The van der Waals surface area contributed by atoms with Crippen molar-refractivity contribution in [1.82, 2.24) is 5.32 Å². The summed E-state index contributed by atoms with van der Waals surface area (Å²) in [5.74, 6) is 0.119. The zero-order valence-corrected chi connectivity index (χ0v) is 14.6. The smallest absolute Gasteiger partial charge is 0.258 e. The SMILES string of the molecule is CC(NC(=O)COc1ccc(N2CCCC2=O)cc1)c1ccc(F)cc1. The lowest BCUT2D eigenvalue weighted by Gasteiger charge is -2.17. The zero-order chi connectivity index (χ0) is 18.5. The van der Waals surface area contributed by atoms with Gasteiger partial charge in [-0.25, -0.2) is 4.39 Å². The van der Waals surface area contributed by atoms with Crippen LogP contribution in [0.15, 0.2) is 48.5 Å². The molecular formula is C20H21FN2O3. The van der Waals surface area contributed by atoms with E-state index in [0.717, 1.165) is 24.2 Å². The molecule has 0 saturated carbocycles. The van der Waals surface area contributed by atoms with E-state index in [0.29, 0.717) is 12.2 Å². The molecule has 1 N–H and O–H groups in total. The van der Waals surface area contributed by atoms with Crippen LogP contribution in [0.25, 0.3) is 0 Å². The molecule has 0 aliphatic carbocycles. The minimum absolute atomic E-state index is 0.118. The Labute approximate surface area is 151 Å². The van der Waals surface area contributed by atoms with Gasteiger partial charge in [-0.2, -0.15) is 0 Å². The van der Waals surface area contributed by atoms with Gasteiger partial charge in [-0.3, -0.25) is 9.59 Å². The van der Waals surface area contributed by atoms with Crippen molar-refractivity contribution in [3.63, 3.8) is 0 Å². The normalized spacial score (nSPS) is 15.0. The van der Waals surface area contributed by atoms with Crippen molar-refractivity contribution in [2.45, 2.75) is 25.8 Å². The lowest BCUT2D eigenvalue weighted by molar-refractivity contribution is -0.123. The van der Waals surface area contributed by atoms with Gasteiger partial charge in [0.05, 0.1) is 6.04 Å². The average Bonchev–Trinajstić information content (AvgIpc) is 3.07. The summed E-state index contributed by atoms with van der Waals surface area (Å²) in [7, 11) is 0.